The van der Waals surface area contributed by atoms with Gasteiger partial charge < -0.3 is 5.73 Å². The molecule has 0 aliphatic carbocycles. The number of rotatable bonds is 2. The van der Waals surface area contributed by atoms with Crippen molar-refractivity contribution in [2.45, 2.75) is 25.2 Å². The van der Waals surface area contributed by atoms with Crippen molar-refractivity contribution in [1.82, 2.24) is 4.31 Å². The fourth-order valence-corrected chi connectivity index (χ4v) is 4.27. The summed E-state index contributed by atoms with van der Waals surface area (Å²) in [7, 11) is -3.37. The van der Waals surface area contributed by atoms with E-state index in [9.17, 15) is 8.42 Å². The van der Waals surface area contributed by atoms with E-state index in [1.54, 1.807) is 28.6 Å². The SMILES string of the molecule is C[C@@H]1C[C@H](C)CN(S(=O)(=O)c2ccc(N)cc2)C1. The average molecular weight is 268 g/mol. The van der Waals surface area contributed by atoms with Gasteiger partial charge in [-0.1, -0.05) is 13.8 Å². The lowest BCUT2D eigenvalue weighted by Gasteiger charge is -2.34. The Morgan fingerprint density at radius 1 is 1.11 bits per heavy atom. The fraction of sp³-hybridized carbons (Fsp3) is 0.538. The maximum atomic E-state index is 12.5. The molecule has 0 amide bonds. The van der Waals surface area contributed by atoms with Crippen LogP contribution in [0, 0.1) is 11.8 Å². The number of benzene rings is 1. The van der Waals surface area contributed by atoms with Crippen molar-refractivity contribution in [1.29, 1.82) is 0 Å². The van der Waals surface area contributed by atoms with E-state index in [2.05, 4.69) is 13.8 Å². The summed E-state index contributed by atoms with van der Waals surface area (Å²) in [4.78, 5) is 0.331. The molecule has 0 unspecified atom stereocenters. The lowest BCUT2D eigenvalue weighted by molar-refractivity contribution is 0.222. The van der Waals surface area contributed by atoms with Crippen molar-refractivity contribution in [3.63, 3.8) is 0 Å². The molecule has 4 nitrogen and oxygen atoms in total. The summed E-state index contributed by atoms with van der Waals surface area (Å²) in [5, 5.41) is 0. The fourth-order valence-electron chi connectivity index (χ4n) is 2.59. The van der Waals surface area contributed by atoms with E-state index < -0.39 is 10.0 Å². The van der Waals surface area contributed by atoms with Crippen molar-refractivity contribution < 1.29 is 8.42 Å². The van der Waals surface area contributed by atoms with Crippen molar-refractivity contribution in [3.8, 4) is 0 Å². The van der Waals surface area contributed by atoms with Crippen LogP contribution < -0.4 is 5.73 Å². The van der Waals surface area contributed by atoms with Crippen molar-refractivity contribution in [2.24, 2.45) is 11.8 Å². The Bertz CT molecular complexity index is 500. The van der Waals surface area contributed by atoms with Crippen LogP contribution >= 0.6 is 0 Å². The number of nitrogen functional groups attached to an aromatic ring is 1. The van der Waals surface area contributed by atoms with Gasteiger partial charge in [-0.05, 0) is 42.5 Å². The van der Waals surface area contributed by atoms with Gasteiger partial charge in [0, 0.05) is 18.8 Å². The molecular weight excluding hydrogens is 248 g/mol. The van der Waals surface area contributed by atoms with E-state index in [-0.39, 0.29) is 0 Å². The first kappa shape index (κ1) is 13.4. The number of piperidine rings is 1. The standard InChI is InChI=1S/C13H20N2O2S/c1-10-7-11(2)9-15(8-10)18(16,17)13-5-3-12(14)4-6-13/h3-6,10-11H,7-9,14H2,1-2H3/t10-,11+. The van der Waals surface area contributed by atoms with Crippen LogP contribution in [0.2, 0.25) is 0 Å². The zero-order valence-corrected chi connectivity index (χ0v) is 11.7. The van der Waals surface area contributed by atoms with Crippen molar-refractivity contribution in [2.75, 3.05) is 18.8 Å². The molecule has 1 fully saturated rings. The molecule has 0 spiro atoms. The lowest BCUT2D eigenvalue weighted by atomic mass is 9.94. The molecule has 1 aromatic rings. The molecule has 2 atom stereocenters. The van der Waals surface area contributed by atoms with Gasteiger partial charge in [-0.15, -0.1) is 0 Å². The van der Waals surface area contributed by atoms with Crippen LogP contribution in [0.5, 0.6) is 0 Å². The summed E-state index contributed by atoms with van der Waals surface area (Å²) in [6, 6.07) is 6.41. The second-order valence-electron chi connectivity index (χ2n) is 5.34. The monoisotopic (exact) mass is 268 g/mol. The van der Waals surface area contributed by atoms with Gasteiger partial charge in [0.05, 0.1) is 4.90 Å². The molecule has 5 heteroatoms. The minimum atomic E-state index is -3.37. The highest BCUT2D eigenvalue weighted by atomic mass is 32.2. The highest BCUT2D eigenvalue weighted by Crippen LogP contribution is 2.26. The molecule has 1 heterocycles. The third kappa shape index (κ3) is 2.67. The zero-order chi connectivity index (χ0) is 13.3. The van der Waals surface area contributed by atoms with Crippen molar-refractivity contribution >= 4 is 15.7 Å². The first-order chi connectivity index (χ1) is 8.39. The normalized spacial score (nSPS) is 26.1. The molecule has 2 N–H and O–H groups in total. The van der Waals surface area contributed by atoms with Gasteiger partial charge in [-0.25, -0.2) is 8.42 Å². The van der Waals surface area contributed by atoms with E-state index >= 15 is 0 Å². The van der Waals surface area contributed by atoms with Gasteiger partial charge in [0.15, 0.2) is 0 Å². The Labute approximate surface area is 109 Å². The number of sulfonamides is 1. The summed E-state index contributed by atoms with van der Waals surface area (Å²) < 4.78 is 26.5. The zero-order valence-electron chi connectivity index (χ0n) is 10.8. The lowest BCUT2D eigenvalue weighted by Crippen LogP contribution is -2.42. The molecule has 2 rings (SSSR count). The Hall–Kier alpha value is -1.07. The molecule has 18 heavy (non-hydrogen) atoms. The van der Waals surface area contributed by atoms with Gasteiger partial charge >= 0.3 is 0 Å². The van der Waals surface area contributed by atoms with E-state index in [0.29, 0.717) is 35.5 Å². The van der Waals surface area contributed by atoms with E-state index in [4.69, 9.17) is 5.73 Å². The molecule has 100 valence electrons. The predicted octanol–water partition coefficient (Wildman–Crippen LogP) is 1.94. The summed E-state index contributed by atoms with van der Waals surface area (Å²) in [6.07, 6.45) is 1.09. The number of nitrogens with zero attached hydrogens (tertiary/aromatic N) is 1. The first-order valence-corrected chi connectivity index (χ1v) is 7.69. The maximum Gasteiger partial charge on any atom is 0.243 e. The molecule has 1 aliphatic heterocycles. The third-order valence-corrected chi connectivity index (χ3v) is 5.20. The van der Waals surface area contributed by atoms with Gasteiger partial charge in [0.2, 0.25) is 10.0 Å². The van der Waals surface area contributed by atoms with Crippen LogP contribution in [0.1, 0.15) is 20.3 Å². The van der Waals surface area contributed by atoms with Crippen LogP contribution in [-0.4, -0.2) is 25.8 Å². The van der Waals surface area contributed by atoms with Crippen molar-refractivity contribution in [3.05, 3.63) is 24.3 Å². The smallest absolute Gasteiger partial charge is 0.243 e. The Morgan fingerprint density at radius 3 is 2.11 bits per heavy atom. The van der Waals surface area contributed by atoms with Gasteiger partial charge in [-0.2, -0.15) is 4.31 Å². The van der Waals surface area contributed by atoms with E-state index in [0.717, 1.165) is 6.42 Å². The molecule has 0 saturated carbocycles. The number of hydrogen-bond acceptors (Lipinski definition) is 3. The summed E-state index contributed by atoms with van der Waals surface area (Å²) in [6.45, 7) is 5.41. The van der Waals surface area contributed by atoms with Gasteiger partial charge in [-0.3, -0.25) is 0 Å². The second kappa shape index (κ2) is 4.90. The van der Waals surface area contributed by atoms with Crippen LogP contribution in [0.25, 0.3) is 0 Å². The predicted molar refractivity (Wildman–Crippen MR) is 72.6 cm³/mol. The molecular formula is C13H20N2O2S. The Kier molecular flexibility index (Phi) is 3.64. The van der Waals surface area contributed by atoms with Crippen LogP contribution in [-0.2, 0) is 10.0 Å². The highest BCUT2D eigenvalue weighted by Gasteiger charge is 2.31. The molecule has 1 aromatic carbocycles. The topological polar surface area (TPSA) is 63.4 Å². The maximum absolute atomic E-state index is 12.5. The minimum absolute atomic E-state index is 0.331. The van der Waals surface area contributed by atoms with Crippen LogP contribution in [0.15, 0.2) is 29.2 Å². The third-order valence-electron chi connectivity index (χ3n) is 3.35. The molecule has 0 aromatic heterocycles. The summed E-state index contributed by atoms with van der Waals surface area (Å²) >= 11 is 0. The molecule has 0 bridgehead atoms. The number of nitrogens with two attached hydrogens (primary N) is 1. The highest BCUT2D eigenvalue weighted by molar-refractivity contribution is 7.89. The first-order valence-electron chi connectivity index (χ1n) is 6.25. The molecule has 1 aliphatic rings. The van der Waals surface area contributed by atoms with Gasteiger partial charge in [0.1, 0.15) is 0 Å². The van der Waals surface area contributed by atoms with Gasteiger partial charge in [0.25, 0.3) is 0 Å². The minimum Gasteiger partial charge on any atom is -0.399 e. The summed E-state index contributed by atoms with van der Waals surface area (Å²) in [5.74, 6) is 0.828. The molecule has 0 radical (unpaired) electrons. The Balaban J connectivity index is 2.28. The largest absolute Gasteiger partial charge is 0.399 e. The van der Waals surface area contributed by atoms with E-state index in [1.165, 1.54) is 0 Å². The number of anilines is 1. The quantitative estimate of drug-likeness (QED) is 0.834. The Morgan fingerprint density at radius 2 is 1.61 bits per heavy atom. The second-order valence-corrected chi connectivity index (χ2v) is 7.28. The summed E-state index contributed by atoms with van der Waals surface area (Å²) in [5.41, 5.74) is 6.16. The average Bonchev–Trinajstić information content (AvgIpc) is 2.28. The van der Waals surface area contributed by atoms with E-state index in [1.807, 2.05) is 0 Å². The number of hydrogen-bond donors (Lipinski definition) is 1. The molecule has 1 saturated heterocycles. The van der Waals surface area contributed by atoms with Crippen LogP contribution in [0.3, 0.4) is 0 Å². The van der Waals surface area contributed by atoms with Crippen LogP contribution in [0.4, 0.5) is 5.69 Å².